The molecule has 0 radical (unpaired) electrons. The predicted octanol–water partition coefficient (Wildman–Crippen LogP) is 3.21. The van der Waals surface area contributed by atoms with E-state index in [1.807, 2.05) is 24.3 Å². The van der Waals surface area contributed by atoms with Crippen LogP contribution >= 0.6 is 22.6 Å². The van der Waals surface area contributed by atoms with Gasteiger partial charge in [-0.2, -0.15) is 0 Å². The van der Waals surface area contributed by atoms with Gasteiger partial charge in [-0.25, -0.2) is 0 Å². The third-order valence-electron chi connectivity index (χ3n) is 4.17. The van der Waals surface area contributed by atoms with Crippen molar-refractivity contribution in [3.63, 3.8) is 0 Å². The van der Waals surface area contributed by atoms with Crippen LogP contribution in [0.4, 0.5) is 0 Å². The molecule has 0 saturated heterocycles. The Morgan fingerprint density at radius 3 is 2.71 bits per heavy atom. The van der Waals surface area contributed by atoms with E-state index >= 15 is 0 Å². The van der Waals surface area contributed by atoms with E-state index in [1.54, 1.807) is 0 Å². The highest BCUT2D eigenvalue weighted by Crippen LogP contribution is 2.44. The van der Waals surface area contributed by atoms with Gasteiger partial charge in [0.25, 0.3) is 5.91 Å². The second-order valence-electron chi connectivity index (χ2n) is 5.23. The summed E-state index contributed by atoms with van der Waals surface area (Å²) in [6.07, 6.45) is 5.21. The molecule has 0 unspecified atom stereocenters. The molecular weight excluding hydrogens is 325 g/mol. The minimum Gasteiger partial charge on any atom is -0.349 e. The lowest BCUT2D eigenvalue weighted by atomic mass is 9.95. The van der Waals surface area contributed by atoms with Crippen LogP contribution in [-0.4, -0.2) is 11.9 Å². The summed E-state index contributed by atoms with van der Waals surface area (Å²) < 4.78 is 1.03. The molecule has 1 amide bonds. The first-order valence-electron chi connectivity index (χ1n) is 6.29. The molecule has 2 aliphatic rings. The molecule has 2 nitrogen and oxygen atoms in total. The van der Waals surface area contributed by atoms with Crippen molar-refractivity contribution in [2.75, 3.05) is 0 Å². The largest absolute Gasteiger partial charge is 0.349 e. The summed E-state index contributed by atoms with van der Waals surface area (Å²) in [4.78, 5) is 12.2. The summed E-state index contributed by atoms with van der Waals surface area (Å²) in [5.74, 6) is 1.72. The van der Waals surface area contributed by atoms with Crippen LogP contribution in [0.15, 0.2) is 24.3 Å². The molecule has 3 rings (SSSR count). The minimum absolute atomic E-state index is 0.104. The van der Waals surface area contributed by atoms with Crippen molar-refractivity contribution in [1.29, 1.82) is 0 Å². The van der Waals surface area contributed by atoms with Crippen LogP contribution in [0.3, 0.4) is 0 Å². The molecule has 3 atom stereocenters. The van der Waals surface area contributed by atoms with Gasteiger partial charge in [0.05, 0.1) is 5.56 Å². The zero-order valence-electron chi connectivity index (χ0n) is 9.66. The monoisotopic (exact) mass is 341 g/mol. The van der Waals surface area contributed by atoms with Crippen LogP contribution in [-0.2, 0) is 0 Å². The van der Waals surface area contributed by atoms with Gasteiger partial charge in [0, 0.05) is 9.61 Å². The fourth-order valence-corrected chi connectivity index (χ4v) is 3.95. The molecule has 0 spiro atoms. The van der Waals surface area contributed by atoms with E-state index in [2.05, 4.69) is 27.9 Å². The van der Waals surface area contributed by atoms with Gasteiger partial charge in [0.2, 0.25) is 0 Å². The fourth-order valence-electron chi connectivity index (χ4n) is 3.31. The lowest BCUT2D eigenvalue weighted by Gasteiger charge is -2.23. The van der Waals surface area contributed by atoms with Gasteiger partial charge < -0.3 is 5.32 Å². The van der Waals surface area contributed by atoms with Crippen LogP contribution in [0.5, 0.6) is 0 Å². The highest BCUT2D eigenvalue weighted by atomic mass is 127. The molecule has 2 fully saturated rings. The number of fused-ring (bicyclic) bond motifs is 2. The molecule has 0 heterocycles. The zero-order chi connectivity index (χ0) is 11.8. The molecule has 2 saturated carbocycles. The van der Waals surface area contributed by atoms with E-state index in [9.17, 15) is 4.79 Å². The van der Waals surface area contributed by atoms with Crippen molar-refractivity contribution in [1.82, 2.24) is 5.32 Å². The van der Waals surface area contributed by atoms with Crippen molar-refractivity contribution in [3.05, 3.63) is 33.4 Å². The Morgan fingerprint density at radius 1 is 1.24 bits per heavy atom. The van der Waals surface area contributed by atoms with Crippen molar-refractivity contribution >= 4 is 28.5 Å². The number of benzene rings is 1. The number of nitrogens with one attached hydrogen (secondary N) is 1. The first kappa shape index (κ1) is 11.5. The maximum atomic E-state index is 12.2. The quantitative estimate of drug-likeness (QED) is 0.823. The summed E-state index contributed by atoms with van der Waals surface area (Å²) in [7, 11) is 0. The summed E-state index contributed by atoms with van der Waals surface area (Å²) in [5, 5.41) is 3.22. The normalized spacial score (nSPS) is 30.5. The summed E-state index contributed by atoms with van der Waals surface area (Å²) in [6, 6.07) is 8.21. The highest BCUT2D eigenvalue weighted by Gasteiger charge is 2.40. The van der Waals surface area contributed by atoms with Crippen molar-refractivity contribution < 1.29 is 4.79 Å². The molecule has 17 heavy (non-hydrogen) atoms. The van der Waals surface area contributed by atoms with Gasteiger partial charge >= 0.3 is 0 Å². The summed E-state index contributed by atoms with van der Waals surface area (Å²) in [6.45, 7) is 0. The Balaban J connectivity index is 1.70. The molecule has 0 aliphatic heterocycles. The van der Waals surface area contributed by atoms with Crippen LogP contribution in [0, 0.1) is 15.4 Å². The van der Waals surface area contributed by atoms with Gasteiger partial charge in [-0.15, -0.1) is 0 Å². The predicted molar refractivity (Wildman–Crippen MR) is 75.9 cm³/mol. The molecule has 90 valence electrons. The maximum Gasteiger partial charge on any atom is 0.252 e. The third kappa shape index (κ3) is 2.21. The van der Waals surface area contributed by atoms with Crippen LogP contribution in [0.25, 0.3) is 0 Å². The second kappa shape index (κ2) is 4.59. The Morgan fingerprint density at radius 2 is 2.06 bits per heavy atom. The van der Waals surface area contributed by atoms with Crippen molar-refractivity contribution in [2.24, 2.45) is 11.8 Å². The average molecular weight is 341 g/mol. The first-order chi connectivity index (χ1) is 8.24. The Kier molecular flexibility index (Phi) is 3.11. The van der Waals surface area contributed by atoms with Crippen LogP contribution in [0.2, 0.25) is 0 Å². The number of carbonyl (C=O) groups is 1. The van der Waals surface area contributed by atoms with Crippen molar-refractivity contribution in [2.45, 2.75) is 31.7 Å². The lowest BCUT2D eigenvalue weighted by molar-refractivity contribution is 0.0922. The third-order valence-corrected chi connectivity index (χ3v) is 5.11. The number of carbonyl (C=O) groups excluding carboxylic acids is 1. The number of amides is 1. The van der Waals surface area contributed by atoms with Gasteiger partial charge in [-0.05, 0) is 65.8 Å². The van der Waals surface area contributed by atoms with E-state index in [0.717, 1.165) is 21.0 Å². The molecule has 3 heteroatoms. The number of rotatable bonds is 2. The Hall–Kier alpha value is -0.580. The smallest absolute Gasteiger partial charge is 0.252 e. The number of halogens is 1. The van der Waals surface area contributed by atoms with E-state index in [-0.39, 0.29) is 5.91 Å². The standard InChI is InChI=1S/C14H16INO/c15-12-4-2-1-3-11(12)14(17)16-13-8-9-5-6-10(13)7-9/h1-4,9-10,13H,5-8H2,(H,16,17)/t9-,10+,13+/m0/s1. The highest BCUT2D eigenvalue weighted by molar-refractivity contribution is 14.1. The van der Waals surface area contributed by atoms with E-state index in [0.29, 0.717) is 6.04 Å². The molecular formula is C14H16INO. The van der Waals surface area contributed by atoms with Gasteiger partial charge in [-0.3, -0.25) is 4.79 Å². The Labute approximate surface area is 115 Å². The molecule has 2 aliphatic carbocycles. The molecule has 1 aromatic carbocycles. The van der Waals surface area contributed by atoms with E-state index < -0.39 is 0 Å². The van der Waals surface area contributed by atoms with E-state index in [1.165, 1.54) is 25.7 Å². The Bertz CT molecular complexity index is 446. The van der Waals surface area contributed by atoms with Gasteiger partial charge in [-0.1, -0.05) is 18.6 Å². The first-order valence-corrected chi connectivity index (χ1v) is 7.37. The van der Waals surface area contributed by atoms with Gasteiger partial charge in [0.1, 0.15) is 0 Å². The molecule has 1 aromatic rings. The fraction of sp³-hybridized carbons (Fsp3) is 0.500. The lowest BCUT2D eigenvalue weighted by Crippen LogP contribution is -2.38. The summed E-state index contributed by atoms with van der Waals surface area (Å²) in [5.41, 5.74) is 0.816. The molecule has 1 N–H and O–H groups in total. The maximum absolute atomic E-state index is 12.2. The summed E-state index contributed by atoms with van der Waals surface area (Å²) >= 11 is 2.22. The number of hydrogen-bond donors (Lipinski definition) is 1. The van der Waals surface area contributed by atoms with Crippen molar-refractivity contribution in [3.8, 4) is 0 Å². The average Bonchev–Trinajstić information content (AvgIpc) is 2.91. The SMILES string of the molecule is O=C(N[C@@H]1C[C@H]2CC[C@@H]1C2)c1ccccc1I. The number of hydrogen-bond acceptors (Lipinski definition) is 1. The van der Waals surface area contributed by atoms with Crippen LogP contribution < -0.4 is 5.32 Å². The topological polar surface area (TPSA) is 29.1 Å². The van der Waals surface area contributed by atoms with Crippen LogP contribution in [0.1, 0.15) is 36.0 Å². The molecule has 0 aromatic heterocycles. The minimum atomic E-state index is 0.104. The van der Waals surface area contributed by atoms with E-state index in [4.69, 9.17) is 0 Å². The second-order valence-corrected chi connectivity index (χ2v) is 6.40. The zero-order valence-corrected chi connectivity index (χ0v) is 11.8. The van der Waals surface area contributed by atoms with Gasteiger partial charge in [0.15, 0.2) is 0 Å². The molecule has 2 bridgehead atoms.